The fourth-order valence-corrected chi connectivity index (χ4v) is 2.54. The number of nitrogens with zero attached hydrogens (tertiary/aromatic N) is 2. The van der Waals surface area contributed by atoms with Crippen LogP contribution in [-0.4, -0.2) is 23.0 Å². The molecule has 0 aliphatic carbocycles. The summed E-state index contributed by atoms with van der Waals surface area (Å²) in [4.78, 5) is 14.4. The molecule has 0 atom stereocenters. The molecular formula is C14H12N2O3S. The van der Waals surface area contributed by atoms with Gasteiger partial charge in [0.25, 0.3) is 5.91 Å². The Hall–Kier alpha value is -2.34. The van der Waals surface area contributed by atoms with Gasteiger partial charge in [0.2, 0.25) is 5.76 Å². The highest BCUT2D eigenvalue weighted by Crippen LogP contribution is 2.21. The lowest BCUT2D eigenvalue weighted by Crippen LogP contribution is -2.25. The average molecular weight is 288 g/mol. The minimum absolute atomic E-state index is 0.0254. The topological polar surface area (TPSA) is 59.5 Å². The van der Waals surface area contributed by atoms with Gasteiger partial charge >= 0.3 is 0 Å². The lowest BCUT2D eigenvalue weighted by molar-refractivity contribution is 0.0787. The molecule has 0 N–H and O–H groups in total. The Labute approximate surface area is 119 Å². The molecule has 0 fully saturated rings. The molecule has 102 valence electrons. The number of carbonyl (C=O) groups is 1. The van der Waals surface area contributed by atoms with Crippen LogP contribution in [-0.2, 0) is 6.54 Å². The monoisotopic (exact) mass is 288 g/mol. The molecule has 5 nitrogen and oxygen atoms in total. The third-order valence-corrected chi connectivity index (χ3v) is 3.66. The molecule has 0 aromatic carbocycles. The fraction of sp³-hybridized carbons (Fsp3) is 0.143. The Kier molecular flexibility index (Phi) is 3.39. The smallest absolute Gasteiger partial charge is 0.264 e. The van der Waals surface area contributed by atoms with Gasteiger partial charge in [-0.15, -0.1) is 11.3 Å². The minimum Gasteiger partial charge on any atom is -0.461 e. The van der Waals surface area contributed by atoms with Crippen LogP contribution < -0.4 is 0 Å². The summed E-state index contributed by atoms with van der Waals surface area (Å²) in [5.74, 6) is 1.15. The molecule has 0 radical (unpaired) electrons. The van der Waals surface area contributed by atoms with E-state index in [0.29, 0.717) is 28.6 Å². The van der Waals surface area contributed by atoms with Crippen molar-refractivity contribution >= 4 is 17.2 Å². The number of thiophene rings is 1. The van der Waals surface area contributed by atoms with Crippen LogP contribution in [0.25, 0.3) is 11.5 Å². The molecule has 20 heavy (non-hydrogen) atoms. The quantitative estimate of drug-likeness (QED) is 0.739. The van der Waals surface area contributed by atoms with Gasteiger partial charge in [0.15, 0.2) is 5.76 Å². The van der Waals surface area contributed by atoms with Crippen molar-refractivity contribution in [1.82, 2.24) is 10.1 Å². The summed E-state index contributed by atoms with van der Waals surface area (Å²) in [5, 5.41) is 5.83. The third-order valence-electron chi connectivity index (χ3n) is 2.80. The van der Waals surface area contributed by atoms with Crippen LogP contribution in [0.1, 0.15) is 15.4 Å². The normalized spacial score (nSPS) is 10.7. The molecule has 0 unspecified atom stereocenters. The second kappa shape index (κ2) is 5.34. The zero-order valence-electron chi connectivity index (χ0n) is 10.8. The molecule has 0 saturated carbocycles. The van der Waals surface area contributed by atoms with Gasteiger partial charge in [-0.3, -0.25) is 4.79 Å². The molecule has 3 aromatic heterocycles. The standard InChI is InChI=1S/C14H12N2O3S/c1-16(14(17)13-5-3-7-20-13)9-10-8-12(19-15-10)11-4-2-6-18-11/h2-8H,9H2,1H3. The molecule has 0 spiro atoms. The summed E-state index contributed by atoms with van der Waals surface area (Å²) >= 11 is 1.42. The van der Waals surface area contributed by atoms with Crippen molar-refractivity contribution in [3.63, 3.8) is 0 Å². The van der Waals surface area contributed by atoms with Crippen molar-refractivity contribution in [1.29, 1.82) is 0 Å². The van der Waals surface area contributed by atoms with Crippen molar-refractivity contribution in [3.8, 4) is 11.5 Å². The maximum absolute atomic E-state index is 12.1. The number of rotatable bonds is 4. The van der Waals surface area contributed by atoms with Crippen LogP contribution in [0.4, 0.5) is 0 Å². The molecule has 0 aliphatic rings. The van der Waals surface area contributed by atoms with E-state index in [1.807, 2.05) is 11.4 Å². The van der Waals surface area contributed by atoms with Crippen molar-refractivity contribution in [2.75, 3.05) is 7.05 Å². The number of hydrogen-bond donors (Lipinski definition) is 0. The Morgan fingerprint density at radius 3 is 2.95 bits per heavy atom. The Morgan fingerprint density at radius 2 is 2.25 bits per heavy atom. The first-order valence-electron chi connectivity index (χ1n) is 6.02. The van der Waals surface area contributed by atoms with E-state index < -0.39 is 0 Å². The third kappa shape index (κ3) is 2.50. The van der Waals surface area contributed by atoms with Crippen molar-refractivity contribution in [2.24, 2.45) is 0 Å². The minimum atomic E-state index is -0.0254. The zero-order valence-corrected chi connectivity index (χ0v) is 11.6. The first-order valence-corrected chi connectivity index (χ1v) is 6.90. The van der Waals surface area contributed by atoms with Gasteiger partial charge in [-0.25, -0.2) is 0 Å². The molecule has 0 aliphatic heterocycles. The van der Waals surface area contributed by atoms with Crippen molar-refractivity contribution < 1.29 is 13.7 Å². The maximum Gasteiger partial charge on any atom is 0.264 e. The number of amides is 1. The number of carbonyl (C=O) groups excluding carboxylic acids is 1. The van der Waals surface area contributed by atoms with E-state index in [2.05, 4.69) is 5.16 Å². The summed E-state index contributed by atoms with van der Waals surface area (Å²) in [6, 6.07) is 9.02. The van der Waals surface area contributed by atoms with Crippen molar-refractivity contribution in [2.45, 2.75) is 6.54 Å². The van der Waals surface area contributed by atoms with Gasteiger partial charge < -0.3 is 13.8 Å². The number of hydrogen-bond acceptors (Lipinski definition) is 5. The van der Waals surface area contributed by atoms with Crippen molar-refractivity contribution in [3.05, 3.63) is 52.5 Å². The van der Waals surface area contributed by atoms with Crippen LogP contribution in [0.5, 0.6) is 0 Å². The van der Waals surface area contributed by atoms with E-state index in [9.17, 15) is 4.79 Å². The number of aromatic nitrogens is 1. The van der Waals surface area contributed by atoms with Gasteiger partial charge in [0.05, 0.1) is 17.7 Å². The second-order valence-electron chi connectivity index (χ2n) is 4.30. The molecular weight excluding hydrogens is 276 g/mol. The lowest BCUT2D eigenvalue weighted by Gasteiger charge is -2.13. The zero-order chi connectivity index (χ0) is 13.9. The number of furan rings is 1. The van der Waals surface area contributed by atoms with E-state index in [1.165, 1.54) is 11.3 Å². The second-order valence-corrected chi connectivity index (χ2v) is 5.25. The highest BCUT2D eigenvalue weighted by molar-refractivity contribution is 7.12. The molecule has 1 amide bonds. The van der Waals surface area contributed by atoms with E-state index in [0.717, 1.165) is 0 Å². The van der Waals surface area contributed by atoms with Crippen LogP contribution in [0.3, 0.4) is 0 Å². The van der Waals surface area contributed by atoms with Gasteiger partial charge in [-0.2, -0.15) is 0 Å². The molecule has 0 bridgehead atoms. The summed E-state index contributed by atoms with van der Waals surface area (Å²) in [5.41, 5.74) is 0.684. The van der Waals surface area contributed by atoms with Gasteiger partial charge in [-0.1, -0.05) is 11.2 Å². The van der Waals surface area contributed by atoms with E-state index in [1.54, 1.807) is 42.5 Å². The average Bonchev–Trinajstić information content (AvgIpc) is 3.19. The SMILES string of the molecule is CN(Cc1cc(-c2ccco2)on1)C(=O)c1cccs1. The molecule has 6 heteroatoms. The summed E-state index contributed by atoms with van der Waals surface area (Å²) in [6.45, 7) is 0.390. The predicted octanol–water partition coefficient (Wildman–Crippen LogP) is 3.27. The summed E-state index contributed by atoms with van der Waals surface area (Å²) in [7, 11) is 1.74. The predicted molar refractivity (Wildman–Crippen MR) is 74.3 cm³/mol. The van der Waals surface area contributed by atoms with E-state index in [4.69, 9.17) is 8.94 Å². The Bertz CT molecular complexity index is 686. The molecule has 3 rings (SSSR count). The fourth-order valence-electron chi connectivity index (χ4n) is 1.82. The van der Waals surface area contributed by atoms with Crippen LogP contribution in [0.2, 0.25) is 0 Å². The summed E-state index contributed by atoms with van der Waals surface area (Å²) < 4.78 is 10.4. The summed E-state index contributed by atoms with van der Waals surface area (Å²) in [6.07, 6.45) is 1.57. The van der Waals surface area contributed by atoms with Gasteiger partial charge in [0, 0.05) is 13.1 Å². The maximum atomic E-state index is 12.1. The van der Waals surface area contributed by atoms with Crippen LogP contribution >= 0.6 is 11.3 Å². The van der Waals surface area contributed by atoms with Crippen LogP contribution in [0, 0.1) is 0 Å². The van der Waals surface area contributed by atoms with Gasteiger partial charge in [0.1, 0.15) is 5.69 Å². The highest BCUT2D eigenvalue weighted by Gasteiger charge is 2.16. The van der Waals surface area contributed by atoms with E-state index >= 15 is 0 Å². The lowest BCUT2D eigenvalue weighted by atomic mass is 10.3. The van der Waals surface area contributed by atoms with Gasteiger partial charge in [-0.05, 0) is 23.6 Å². The first kappa shape index (κ1) is 12.7. The Balaban J connectivity index is 1.70. The first-order chi connectivity index (χ1) is 9.74. The Morgan fingerprint density at radius 1 is 1.35 bits per heavy atom. The molecule has 3 aromatic rings. The van der Waals surface area contributed by atoms with Crippen LogP contribution in [0.15, 0.2) is 50.9 Å². The highest BCUT2D eigenvalue weighted by atomic mass is 32.1. The molecule has 0 saturated heterocycles. The largest absolute Gasteiger partial charge is 0.461 e. The van der Waals surface area contributed by atoms with E-state index in [-0.39, 0.29) is 5.91 Å². The molecule has 3 heterocycles.